The maximum absolute atomic E-state index is 12.1. The summed E-state index contributed by atoms with van der Waals surface area (Å²) in [6.07, 6.45) is 1.64. The number of aliphatic carboxylic acids is 1. The molecule has 1 aromatic heterocycles. The molecule has 0 spiro atoms. The van der Waals surface area contributed by atoms with Gasteiger partial charge in [0, 0.05) is 23.1 Å². The predicted molar refractivity (Wildman–Crippen MR) is 97.9 cm³/mol. The van der Waals surface area contributed by atoms with Crippen LogP contribution in [0.25, 0.3) is 10.9 Å². The van der Waals surface area contributed by atoms with Crippen LogP contribution in [0.5, 0.6) is 5.75 Å². The van der Waals surface area contributed by atoms with Crippen molar-refractivity contribution in [3.8, 4) is 11.8 Å². The number of nitriles is 1. The molecule has 2 aromatic carbocycles. The van der Waals surface area contributed by atoms with E-state index in [1.54, 1.807) is 24.4 Å². The summed E-state index contributed by atoms with van der Waals surface area (Å²) in [5.41, 5.74) is 0.443. The van der Waals surface area contributed by atoms with Crippen molar-refractivity contribution in [1.82, 2.24) is 4.98 Å². The first-order valence-corrected chi connectivity index (χ1v) is 8.14. The van der Waals surface area contributed by atoms with Crippen molar-refractivity contribution in [1.29, 1.82) is 5.26 Å². The lowest BCUT2D eigenvalue weighted by Crippen LogP contribution is -2.34. The standard InChI is InChI=1S/C21H18N2O3/c1-21(13-22,20(24)25)19(16-8-4-6-10-18(16)26-2)15-11-12-23-17-9-5-3-7-14(15)17/h3-12,19H,1-2H3,(H,24,25). The Balaban J connectivity index is 2.38. The van der Waals surface area contributed by atoms with Crippen molar-refractivity contribution in [3.05, 3.63) is 71.9 Å². The van der Waals surface area contributed by atoms with Crippen LogP contribution in [-0.4, -0.2) is 23.2 Å². The van der Waals surface area contributed by atoms with Crippen LogP contribution in [-0.2, 0) is 4.79 Å². The molecule has 5 heteroatoms. The molecule has 26 heavy (non-hydrogen) atoms. The highest BCUT2D eigenvalue weighted by atomic mass is 16.5. The van der Waals surface area contributed by atoms with Gasteiger partial charge in [-0.3, -0.25) is 9.78 Å². The smallest absolute Gasteiger partial charge is 0.324 e. The summed E-state index contributed by atoms with van der Waals surface area (Å²) in [6, 6.07) is 18.5. The number of para-hydroxylation sites is 2. The van der Waals surface area contributed by atoms with Gasteiger partial charge in [-0.2, -0.15) is 5.26 Å². The molecular formula is C21H18N2O3. The lowest BCUT2D eigenvalue weighted by molar-refractivity contribution is -0.145. The second-order valence-electron chi connectivity index (χ2n) is 6.21. The van der Waals surface area contributed by atoms with Gasteiger partial charge in [0.2, 0.25) is 0 Å². The third kappa shape index (κ3) is 2.76. The molecule has 0 saturated heterocycles. The zero-order valence-corrected chi connectivity index (χ0v) is 14.5. The average molecular weight is 346 g/mol. The van der Waals surface area contributed by atoms with Gasteiger partial charge < -0.3 is 9.84 Å². The van der Waals surface area contributed by atoms with E-state index >= 15 is 0 Å². The number of ether oxygens (including phenoxy) is 1. The van der Waals surface area contributed by atoms with Gasteiger partial charge in [0.25, 0.3) is 0 Å². The number of hydrogen-bond acceptors (Lipinski definition) is 4. The zero-order chi connectivity index (χ0) is 18.7. The molecule has 3 rings (SSSR count). The number of benzene rings is 2. The van der Waals surface area contributed by atoms with Crippen LogP contribution in [0.1, 0.15) is 24.0 Å². The minimum Gasteiger partial charge on any atom is -0.496 e. The number of fused-ring (bicyclic) bond motifs is 1. The van der Waals surface area contributed by atoms with E-state index in [2.05, 4.69) is 4.98 Å². The summed E-state index contributed by atoms with van der Waals surface area (Å²) in [5, 5.41) is 20.5. The highest BCUT2D eigenvalue weighted by Gasteiger charge is 2.45. The lowest BCUT2D eigenvalue weighted by Gasteiger charge is -2.30. The molecule has 0 bridgehead atoms. The molecule has 1 N–H and O–H groups in total. The maximum atomic E-state index is 12.1. The Morgan fingerprint density at radius 2 is 1.85 bits per heavy atom. The third-order valence-corrected chi connectivity index (χ3v) is 4.70. The lowest BCUT2D eigenvalue weighted by atomic mass is 9.70. The minimum atomic E-state index is -1.68. The molecule has 2 unspecified atom stereocenters. The fourth-order valence-corrected chi connectivity index (χ4v) is 3.30. The maximum Gasteiger partial charge on any atom is 0.324 e. The van der Waals surface area contributed by atoms with Gasteiger partial charge in [-0.15, -0.1) is 0 Å². The number of aromatic nitrogens is 1. The molecule has 130 valence electrons. The fourth-order valence-electron chi connectivity index (χ4n) is 3.30. The third-order valence-electron chi connectivity index (χ3n) is 4.70. The molecule has 0 amide bonds. The van der Waals surface area contributed by atoms with Crippen molar-refractivity contribution in [2.75, 3.05) is 7.11 Å². The van der Waals surface area contributed by atoms with Crippen LogP contribution in [0, 0.1) is 16.7 Å². The van der Waals surface area contributed by atoms with Gasteiger partial charge in [-0.1, -0.05) is 36.4 Å². The topological polar surface area (TPSA) is 83.2 Å². The molecule has 3 aromatic rings. The van der Waals surface area contributed by atoms with E-state index in [0.717, 1.165) is 16.5 Å². The monoisotopic (exact) mass is 346 g/mol. The summed E-state index contributed by atoms with van der Waals surface area (Å²) in [5.74, 6) is -1.37. The fraction of sp³-hybridized carbons (Fsp3) is 0.190. The zero-order valence-electron chi connectivity index (χ0n) is 14.5. The number of rotatable bonds is 5. The first-order chi connectivity index (χ1) is 12.5. The van der Waals surface area contributed by atoms with Gasteiger partial charge in [0.1, 0.15) is 5.75 Å². The molecule has 0 fully saturated rings. The second-order valence-corrected chi connectivity index (χ2v) is 6.21. The van der Waals surface area contributed by atoms with Gasteiger partial charge in [-0.25, -0.2) is 0 Å². The minimum absolute atomic E-state index is 0.543. The molecule has 0 radical (unpaired) electrons. The van der Waals surface area contributed by atoms with E-state index < -0.39 is 17.3 Å². The summed E-state index contributed by atoms with van der Waals surface area (Å²) < 4.78 is 5.46. The van der Waals surface area contributed by atoms with Crippen molar-refractivity contribution < 1.29 is 14.6 Å². The SMILES string of the molecule is COc1ccccc1C(c1ccnc2ccccc12)C(C)(C#N)C(=O)O. The predicted octanol–water partition coefficient (Wildman–Crippen LogP) is 3.99. The number of pyridine rings is 1. The summed E-state index contributed by atoms with van der Waals surface area (Å²) in [7, 11) is 1.53. The van der Waals surface area contributed by atoms with Gasteiger partial charge in [0.05, 0.1) is 18.7 Å². The molecule has 2 atom stereocenters. The Morgan fingerprint density at radius 3 is 2.54 bits per heavy atom. The quantitative estimate of drug-likeness (QED) is 0.755. The molecular weight excluding hydrogens is 328 g/mol. The first-order valence-electron chi connectivity index (χ1n) is 8.14. The normalized spacial score (nSPS) is 14.2. The van der Waals surface area contributed by atoms with Crippen molar-refractivity contribution in [3.63, 3.8) is 0 Å². The highest BCUT2D eigenvalue weighted by molar-refractivity contribution is 5.87. The molecule has 0 aliphatic rings. The highest BCUT2D eigenvalue weighted by Crippen LogP contribution is 2.46. The van der Waals surface area contributed by atoms with Crippen molar-refractivity contribution >= 4 is 16.9 Å². The van der Waals surface area contributed by atoms with E-state index in [9.17, 15) is 15.2 Å². The van der Waals surface area contributed by atoms with E-state index in [4.69, 9.17) is 4.74 Å². The largest absolute Gasteiger partial charge is 0.496 e. The number of hydrogen-bond donors (Lipinski definition) is 1. The Labute approximate surface area is 151 Å². The number of carbonyl (C=O) groups is 1. The number of carboxylic acids is 1. The van der Waals surface area contributed by atoms with Crippen molar-refractivity contribution in [2.24, 2.45) is 5.41 Å². The molecule has 0 saturated carbocycles. The molecule has 1 heterocycles. The van der Waals surface area contributed by atoms with E-state index in [1.807, 2.05) is 42.5 Å². The van der Waals surface area contributed by atoms with Gasteiger partial charge >= 0.3 is 5.97 Å². The number of methoxy groups -OCH3 is 1. The van der Waals surface area contributed by atoms with Crippen LogP contribution in [0.2, 0.25) is 0 Å². The molecule has 5 nitrogen and oxygen atoms in total. The van der Waals surface area contributed by atoms with Gasteiger partial charge in [0.15, 0.2) is 5.41 Å². The first kappa shape index (κ1) is 17.4. The average Bonchev–Trinajstić information content (AvgIpc) is 2.68. The Morgan fingerprint density at radius 1 is 1.15 bits per heavy atom. The molecule has 0 aliphatic heterocycles. The van der Waals surface area contributed by atoms with E-state index in [-0.39, 0.29) is 0 Å². The van der Waals surface area contributed by atoms with Crippen LogP contribution >= 0.6 is 0 Å². The summed E-state index contributed by atoms with van der Waals surface area (Å²) in [6.45, 7) is 1.45. The Kier molecular flexibility index (Phi) is 4.59. The van der Waals surface area contributed by atoms with E-state index in [0.29, 0.717) is 11.3 Å². The Bertz CT molecular complexity index is 1000. The van der Waals surface area contributed by atoms with Crippen LogP contribution in [0.15, 0.2) is 60.8 Å². The number of carboxylic acid groups (broad SMARTS) is 1. The second kappa shape index (κ2) is 6.85. The number of nitrogens with zero attached hydrogens (tertiary/aromatic N) is 2. The summed E-state index contributed by atoms with van der Waals surface area (Å²) >= 11 is 0. The van der Waals surface area contributed by atoms with Gasteiger partial charge in [-0.05, 0) is 30.7 Å². The van der Waals surface area contributed by atoms with Crippen molar-refractivity contribution in [2.45, 2.75) is 12.8 Å². The van der Waals surface area contributed by atoms with Crippen LogP contribution in [0.4, 0.5) is 0 Å². The Hall–Kier alpha value is -3.39. The van der Waals surface area contributed by atoms with Crippen LogP contribution < -0.4 is 4.74 Å². The van der Waals surface area contributed by atoms with E-state index in [1.165, 1.54) is 14.0 Å². The summed E-state index contributed by atoms with van der Waals surface area (Å²) in [4.78, 5) is 16.4. The molecule has 0 aliphatic carbocycles. The van der Waals surface area contributed by atoms with Crippen LogP contribution in [0.3, 0.4) is 0 Å².